The number of nitro groups is 2. The summed E-state index contributed by atoms with van der Waals surface area (Å²) in [6.07, 6.45) is -4.79. The van der Waals surface area contributed by atoms with Gasteiger partial charge in [-0.3, -0.25) is 20.2 Å². The van der Waals surface area contributed by atoms with E-state index in [0.717, 1.165) is 0 Å². The van der Waals surface area contributed by atoms with Crippen LogP contribution in [0.4, 0.5) is 13.4 Å². The molecule has 0 aliphatic heterocycles. The van der Waals surface area contributed by atoms with Crippen molar-refractivity contribution in [3.8, 4) is 0 Å². The maximum absolute atomic E-state index is 13.0. The molecule has 0 aromatic heterocycles. The van der Waals surface area contributed by atoms with Crippen LogP contribution in [0.5, 0.6) is 0 Å². The van der Waals surface area contributed by atoms with Crippen molar-refractivity contribution >= 4 is 0 Å². The molecular formula is C5H8F3N3O5. The Balaban J connectivity index is 4.26. The van der Waals surface area contributed by atoms with E-state index in [4.69, 9.17) is 5.11 Å². The number of halogens is 3. The maximum Gasteiger partial charge on any atom is 0.613 e. The standard InChI is InChI=1S/C5H8F3N3O5/c6-5(10(13)14,11(15)16)3-1-2-4(12)9(7)8/h4,12H,1-3H2. The Morgan fingerprint density at radius 3 is 2.06 bits per heavy atom. The predicted octanol–water partition coefficient (Wildman–Crippen LogP) is 0.723. The minimum Gasteiger partial charge on any atom is -0.373 e. The van der Waals surface area contributed by atoms with Crippen molar-refractivity contribution < 1.29 is 28.3 Å². The Kier molecular flexibility index (Phi) is 5.04. The molecule has 0 aliphatic carbocycles. The second-order valence-electron chi connectivity index (χ2n) is 2.87. The number of hydrogen-bond donors (Lipinski definition) is 1. The number of aliphatic hydroxyl groups is 1. The van der Waals surface area contributed by atoms with Crippen LogP contribution in [-0.2, 0) is 0 Å². The van der Waals surface area contributed by atoms with Gasteiger partial charge in [-0.1, -0.05) is 13.4 Å². The van der Waals surface area contributed by atoms with E-state index in [-0.39, 0.29) is 0 Å². The van der Waals surface area contributed by atoms with Gasteiger partial charge in [-0.15, -0.1) is 0 Å². The van der Waals surface area contributed by atoms with Gasteiger partial charge < -0.3 is 5.11 Å². The zero-order chi connectivity index (χ0) is 12.9. The van der Waals surface area contributed by atoms with Gasteiger partial charge in [-0.25, -0.2) is 0 Å². The minimum absolute atomic E-state index is 0.635. The highest BCUT2D eigenvalue weighted by atomic mass is 19.4. The molecule has 16 heavy (non-hydrogen) atoms. The lowest BCUT2D eigenvalue weighted by Gasteiger charge is -2.11. The number of hydrogen-bond acceptors (Lipinski definition) is 6. The lowest BCUT2D eigenvalue weighted by atomic mass is 10.2. The zero-order valence-electron chi connectivity index (χ0n) is 7.75. The SMILES string of the molecule is O=[N+]([O-])C(F)(CCCC(O)N(F)F)[N+](=O)[O-]. The third kappa shape index (κ3) is 3.58. The average molecular weight is 247 g/mol. The van der Waals surface area contributed by atoms with E-state index in [0.29, 0.717) is 0 Å². The van der Waals surface area contributed by atoms with E-state index in [1.54, 1.807) is 0 Å². The molecule has 1 N–H and O–H groups in total. The van der Waals surface area contributed by atoms with E-state index < -0.39 is 46.6 Å². The van der Waals surface area contributed by atoms with Gasteiger partial charge in [-0.05, 0) is 12.8 Å². The van der Waals surface area contributed by atoms with Crippen molar-refractivity contribution in [1.82, 2.24) is 5.34 Å². The quantitative estimate of drug-likeness (QED) is 0.233. The first kappa shape index (κ1) is 14.5. The van der Waals surface area contributed by atoms with Crippen molar-refractivity contribution in [3.05, 3.63) is 20.2 Å². The Bertz CT molecular complexity index is 262. The van der Waals surface area contributed by atoms with Gasteiger partial charge in [0.2, 0.25) is 0 Å². The van der Waals surface area contributed by atoms with Crippen LogP contribution >= 0.6 is 0 Å². The fourth-order valence-corrected chi connectivity index (χ4v) is 0.856. The molecule has 0 amide bonds. The molecule has 0 radical (unpaired) electrons. The third-order valence-electron chi connectivity index (χ3n) is 1.74. The predicted molar refractivity (Wildman–Crippen MR) is 41.7 cm³/mol. The molecule has 0 aromatic rings. The largest absolute Gasteiger partial charge is 0.613 e. The van der Waals surface area contributed by atoms with Crippen LogP contribution < -0.4 is 0 Å². The monoisotopic (exact) mass is 247 g/mol. The molecule has 94 valence electrons. The summed E-state index contributed by atoms with van der Waals surface area (Å²) in [5.74, 6) is -3.91. The van der Waals surface area contributed by atoms with Gasteiger partial charge >= 0.3 is 5.92 Å². The van der Waals surface area contributed by atoms with Gasteiger partial charge in [-0.2, -0.15) is 0 Å². The summed E-state index contributed by atoms with van der Waals surface area (Å²) in [5.41, 5.74) is 0. The normalized spacial score (nSPS) is 13.8. The second kappa shape index (κ2) is 5.55. The Morgan fingerprint density at radius 1 is 1.31 bits per heavy atom. The van der Waals surface area contributed by atoms with Crippen molar-refractivity contribution in [2.24, 2.45) is 0 Å². The molecule has 0 spiro atoms. The highest BCUT2D eigenvalue weighted by Crippen LogP contribution is 2.22. The first-order chi connectivity index (χ1) is 7.21. The Hall–Kier alpha value is -1.49. The molecule has 0 bridgehead atoms. The molecule has 1 unspecified atom stereocenters. The first-order valence-corrected chi connectivity index (χ1v) is 3.98. The molecule has 0 saturated carbocycles. The van der Waals surface area contributed by atoms with Crippen LogP contribution in [0, 0.1) is 20.2 Å². The number of rotatable bonds is 7. The van der Waals surface area contributed by atoms with Crippen molar-refractivity contribution in [2.45, 2.75) is 31.4 Å². The Morgan fingerprint density at radius 2 is 1.75 bits per heavy atom. The highest BCUT2D eigenvalue weighted by Gasteiger charge is 2.56. The lowest BCUT2D eigenvalue weighted by molar-refractivity contribution is -0.832. The summed E-state index contributed by atoms with van der Waals surface area (Å²) < 4.78 is 36.2. The van der Waals surface area contributed by atoms with Crippen molar-refractivity contribution in [1.29, 1.82) is 0 Å². The summed E-state index contributed by atoms with van der Waals surface area (Å²) in [4.78, 5) is 16.6. The van der Waals surface area contributed by atoms with Gasteiger partial charge in [0.1, 0.15) is 16.3 Å². The smallest absolute Gasteiger partial charge is 0.373 e. The minimum atomic E-state index is -3.91. The van der Waals surface area contributed by atoms with Crippen LogP contribution in [0.1, 0.15) is 19.3 Å². The highest BCUT2D eigenvalue weighted by molar-refractivity contribution is 4.55. The maximum atomic E-state index is 13.0. The lowest BCUT2D eigenvalue weighted by Crippen LogP contribution is -2.41. The summed E-state index contributed by atoms with van der Waals surface area (Å²) in [6, 6.07) is 0. The number of aliphatic hydroxyl groups excluding tert-OH is 1. The molecule has 1 atom stereocenters. The summed E-state index contributed by atoms with van der Waals surface area (Å²) in [7, 11) is 0. The van der Waals surface area contributed by atoms with Gasteiger partial charge in [0.15, 0.2) is 6.23 Å². The fourth-order valence-electron chi connectivity index (χ4n) is 0.856. The number of nitrogens with zero attached hydrogens (tertiary/aromatic N) is 3. The third-order valence-corrected chi connectivity index (χ3v) is 1.74. The molecule has 0 fully saturated rings. The molecule has 0 aliphatic rings. The summed E-state index contributed by atoms with van der Waals surface area (Å²) in [5, 5.41) is 27.0. The van der Waals surface area contributed by atoms with Crippen LogP contribution in [-0.4, -0.2) is 32.4 Å². The zero-order valence-corrected chi connectivity index (χ0v) is 7.75. The first-order valence-electron chi connectivity index (χ1n) is 3.98. The second-order valence-corrected chi connectivity index (χ2v) is 2.87. The van der Waals surface area contributed by atoms with E-state index in [9.17, 15) is 33.6 Å². The summed E-state index contributed by atoms with van der Waals surface area (Å²) in [6.45, 7) is 0. The fraction of sp³-hybridized carbons (Fsp3) is 1.00. The topological polar surface area (TPSA) is 110 Å². The van der Waals surface area contributed by atoms with Crippen LogP contribution in [0.15, 0.2) is 0 Å². The van der Waals surface area contributed by atoms with Crippen LogP contribution in [0.3, 0.4) is 0 Å². The molecule has 0 saturated heterocycles. The Labute approximate surface area is 86.4 Å². The molecule has 0 rings (SSSR count). The van der Waals surface area contributed by atoms with E-state index in [1.165, 1.54) is 0 Å². The van der Waals surface area contributed by atoms with Crippen LogP contribution in [0.2, 0.25) is 0 Å². The summed E-state index contributed by atoms with van der Waals surface area (Å²) >= 11 is 0. The van der Waals surface area contributed by atoms with E-state index in [2.05, 4.69) is 0 Å². The number of alkyl halides is 1. The van der Waals surface area contributed by atoms with Gasteiger partial charge in [0, 0.05) is 5.34 Å². The molecular weight excluding hydrogens is 239 g/mol. The average Bonchev–Trinajstić information content (AvgIpc) is 2.16. The molecule has 0 aromatic carbocycles. The van der Waals surface area contributed by atoms with E-state index >= 15 is 0 Å². The van der Waals surface area contributed by atoms with Crippen molar-refractivity contribution in [3.63, 3.8) is 0 Å². The van der Waals surface area contributed by atoms with Gasteiger partial charge in [0.25, 0.3) is 0 Å². The van der Waals surface area contributed by atoms with E-state index in [1.807, 2.05) is 0 Å². The molecule has 0 heterocycles. The molecule has 8 nitrogen and oxygen atoms in total. The van der Waals surface area contributed by atoms with Gasteiger partial charge in [0.05, 0.1) is 0 Å². The van der Waals surface area contributed by atoms with Crippen LogP contribution in [0.25, 0.3) is 0 Å². The molecule has 11 heteroatoms. The van der Waals surface area contributed by atoms with Crippen molar-refractivity contribution in [2.75, 3.05) is 0 Å².